The second-order valence-electron chi connectivity index (χ2n) is 5.46. The van der Waals surface area contributed by atoms with Gasteiger partial charge in [-0.25, -0.2) is 0 Å². The molecule has 21 heavy (non-hydrogen) atoms. The van der Waals surface area contributed by atoms with Gasteiger partial charge in [0.05, 0.1) is 12.3 Å². The summed E-state index contributed by atoms with van der Waals surface area (Å²) in [5, 5.41) is 12.2. The van der Waals surface area contributed by atoms with Gasteiger partial charge >= 0.3 is 0 Å². The molecule has 5 nitrogen and oxygen atoms in total. The Kier molecular flexibility index (Phi) is 4.24. The number of para-hydroxylation sites is 1. The number of halogens is 1. The molecule has 1 aromatic carbocycles. The maximum atomic E-state index is 5.71. The zero-order chi connectivity index (χ0) is 13.4. The molecule has 2 aliphatic heterocycles. The number of aromatic nitrogens is 3. The minimum atomic E-state index is 0. The molecule has 1 aromatic heterocycles. The fourth-order valence-corrected chi connectivity index (χ4v) is 3.13. The highest BCUT2D eigenvalue weighted by Gasteiger charge is 2.26. The van der Waals surface area contributed by atoms with Gasteiger partial charge in [-0.2, -0.15) is 0 Å². The fourth-order valence-electron chi connectivity index (χ4n) is 3.13. The van der Waals surface area contributed by atoms with Gasteiger partial charge in [0.1, 0.15) is 12.4 Å². The van der Waals surface area contributed by atoms with Crippen LogP contribution in [0.1, 0.15) is 36.0 Å². The molecule has 0 atom stereocenters. The third-order valence-corrected chi connectivity index (χ3v) is 4.18. The lowest BCUT2D eigenvalue weighted by molar-refractivity contribution is 0.105. The van der Waals surface area contributed by atoms with Crippen LogP contribution in [0.2, 0.25) is 0 Å². The Hall–Kier alpha value is -1.43. The Labute approximate surface area is 130 Å². The first-order valence-corrected chi connectivity index (χ1v) is 7.24. The van der Waals surface area contributed by atoms with E-state index in [2.05, 4.69) is 44.3 Å². The molecule has 0 bridgehead atoms. The number of ether oxygens (including phenoxy) is 1. The average Bonchev–Trinajstić information content (AvgIpc) is 2.84. The first-order chi connectivity index (χ1) is 9.93. The molecule has 0 spiro atoms. The van der Waals surface area contributed by atoms with Crippen LogP contribution in [-0.2, 0) is 18.0 Å². The summed E-state index contributed by atoms with van der Waals surface area (Å²) in [7, 11) is 0. The maximum absolute atomic E-state index is 5.71. The molecule has 1 N–H and O–H groups in total. The van der Waals surface area contributed by atoms with E-state index in [0.29, 0.717) is 19.1 Å². The molecule has 0 aliphatic carbocycles. The molecule has 0 saturated carbocycles. The minimum absolute atomic E-state index is 0. The standard InChI is InChI=1S/C15H18N4O.ClH/c1-2-4-13-12(3-1)9-20-10-14-17-18-15(19(13)14)11-5-7-16-8-6-11;/h1-4,11,16H,5-10H2;1H. The smallest absolute Gasteiger partial charge is 0.163 e. The lowest BCUT2D eigenvalue weighted by Crippen LogP contribution is -2.28. The number of rotatable bonds is 1. The van der Waals surface area contributed by atoms with E-state index in [0.717, 1.165) is 37.6 Å². The molecule has 1 fully saturated rings. The van der Waals surface area contributed by atoms with Crippen molar-refractivity contribution in [2.45, 2.75) is 32.0 Å². The zero-order valence-electron chi connectivity index (χ0n) is 11.8. The summed E-state index contributed by atoms with van der Waals surface area (Å²) in [6.45, 7) is 3.30. The summed E-state index contributed by atoms with van der Waals surface area (Å²) in [6, 6.07) is 8.39. The first kappa shape index (κ1) is 14.5. The topological polar surface area (TPSA) is 52.0 Å². The molecule has 0 amide bonds. The molecule has 2 aromatic rings. The highest BCUT2D eigenvalue weighted by Crippen LogP contribution is 2.30. The van der Waals surface area contributed by atoms with Crippen molar-refractivity contribution in [3.05, 3.63) is 41.5 Å². The Morgan fingerprint density at radius 3 is 2.76 bits per heavy atom. The summed E-state index contributed by atoms with van der Waals surface area (Å²) in [5.41, 5.74) is 2.39. The molecule has 4 rings (SSSR count). The predicted molar refractivity (Wildman–Crippen MR) is 81.9 cm³/mol. The first-order valence-electron chi connectivity index (χ1n) is 7.24. The van der Waals surface area contributed by atoms with E-state index < -0.39 is 0 Å². The van der Waals surface area contributed by atoms with Gasteiger partial charge in [0.15, 0.2) is 5.82 Å². The predicted octanol–water partition coefficient (Wildman–Crippen LogP) is 2.19. The molecular formula is C15H19ClN4O. The molecule has 6 heteroatoms. The Balaban J connectivity index is 0.00000132. The third kappa shape index (κ3) is 2.57. The number of nitrogens with one attached hydrogen (secondary N) is 1. The lowest BCUT2D eigenvalue weighted by atomic mass is 9.97. The van der Waals surface area contributed by atoms with Crippen molar-refractivity contribution in [3.8, 4) is 5.69 Å². The number of benzene rings is 1. The SMILES string of the molecule is Cl.c1ccc2c(c1)COCc1nnc(C3CCNCC3)n1-2. The van der Waals surface area contributed by atoms with Crippen LogP contribution >= 0.6 is 12.4 Å². The van der Waals surface area contributed by atoms with Gasteiger partial charge in [0, 0.05) is 11.5 Å². The summed E-state index contributed by atoms with van der Waals surface area (Å²) >= 11 is 0. The van der Waals surface area contributed by atoms with Gasteiger partial charge in [-0.1, -0.05) is 18.2 Å². The van der Waals surface area contributed by atoms with Crippen molar-refractivity contribution in [2.24, 2.45) is 0 Å². The zero-order valence-corrected chi connectivity index (χ0v) is 12.6. The van der Waals surface area contributed by atoms with Gasteiger partial charge in [0.25, 0.3) is 0 Å². The van der Waals surface area contributed by atoms with E-state index in [-0.39, 0.29) is 12.4 Å². The monoisotopic (exact) mass is 306 g/mol. The largest absolute Gasteiger partial charge is 0.369 e. The van der Waals surface area contributed by atoms with Gasteiger partial charge in [0.2, 0.25) is 0 Å². The molecule has 112 valence electrons. The number of fused-ring (bicyclic) bond motifs is 3. The molecule has 3 heterocycles. The van der Waals surface area contributed by atoms with Crippen LogP contribution in [0.15, 0.2) is 24.3 Å². The van der Waals surface area contributed by atoms with Gasteiger partial charge in [-0.05, 0) is 32.0 Å². The van der Waals surface area contributed by atoms with Crippen LogP contribution in [0.4, 0.5) is 0 Å². The van der Waals surface area contributed by atoms with E-state index in [1.54, 1.807) is 0 Å². The minimum Gasteiger partial charge on any atom is -0.369 e. The van der Waals surface area contributed by atoms with Crippen molar-refractivity contribution in [2.75, 3.05) is 13.1 Å². The Morgan fingerprint density at radius 1 is 1.10 bits per heavy atom. The molecule has 2 aliphatic rings. The summed E-state index contributed by atoms with van der Waals surface area (Å²) < 4.78 is 7.93. The Morgan fingerprint density at radius 2 is 1.90 bits per heavy atom. The fraction of sp³-hybridized carbons (Fsp3) is 0.467. The summed E-state index contributed by atoms with van der Waals surface area (Å²) in [4.78, 5) is 0. The van der Waals surface area contributed by atoms with Gasteiger partial charge in [-0.3, -0.25) is 4.57 Å². The second kappa shape index (κ2) is 6.13. The van der Waals surface area contributed by atoms with Crippen LogP contribution in [0.25, 0.3) is 5.69 Å². The summed E-state index contributed by atoms with van der Waals surface area (Å²) in [6.07, 6.45) is 2.25. The van der Waals surface area contributed by atoms with Gasteiger partial charge in [-0.15, -0.1) is 22.6 Å². The van der Waals surface area contributed by atoms with E-state index in [4.69, 9.17) is 4.74 Å². The number of piperidine rings is 1. The quantitative estimate of drug-likeness (QED) is 0.877. The second-order valence-corrected chi connectivity index (χ2v) is 5.46. The van der Waals surface area contributed by atoms with Crippen LogP contribution in [0.5, 0.6) is 0 Å². The lowest BCUT2D eigenvalue weighted by Gasteiger charge is -2.23. The van der Waals surface area contributed by atoms with Crippen LogP contribution < -0.4 is 5.32 Å². The van der Waals surface area contributed by atoms with E-state index in [9.17, 15) is 0 Å². The van der Waals surface area contributed by atoms with E-state index >= 15 is 0 Å². The van der Waals surface area contributed by atoms with Crippen molar-refractivity contribution in [1.29, 1.82) is 0 Å². The van der Waals surface area contributed by atoms with Crippen molar-refractivity contribution in [1.82, 2.24) is 20.1 Å². The van der Waals surface area contributed by atoms with E-state index in [1.807, 2.05) is 0 Å². The van der Waals surface area contributed by atoms with Crippen molar-refractivity contribution >= 4 is 12.4 Å². The molecule has 0 radical (unpaired) electrons. The van der Waals surface area contributed by atoms with Crippen LogP contribution in [0, 0.1) is 0 Å². The highest BCUT2D eigenvalue weighted by molar-refractivity contribution is 5.85. The van der Waals surface area contributed by atoms with Crippen LogP contribution in [-0.4, -0.2) is 27.9 Å². The van der Waals surface area contributed by atoms with Gasteiger partial charge < -0.3 is 10.1 Å². The number of nitrogens with zero attached hydrogens (tertiary/aromatic N) is 3. The van der Waals surface area contributed by atoms with Crippen molar-refractivity contribution < 1.29 is 4.74 Å². The normalized spacial score (nSPS) is 18.3. The average molecular weight is 307 g/mol. The van der Waals surface area contributed by atoms with Crippen LogP contribution in [0.3, 0.4) is 0 Å². The molecule has 0 unspecified atom stereocenters. The van der Waals surface area contributed by atoms with Crippen molar-refractivity contribution in [3.63, 3.8) is 0 Å². The highest BCUT2D eigenvalue weighted by atomic mass is 35.5. The summed E-state index contributed by atoms with van der Waals surface area (Å²) in [5.74, 6) is 2.51. The Bertz CT molecular complexity index is 622. The molecular weight excluding hydrogens is 288 g/mol. The molecule has 1 saturated heterocycles. The maximum Gasteiger partial charge on any atom is 0.163 e. The number of hydrogen-bond donors (Lipinski definition) is 1. The number of hydrogen-bond acceptors (Lipinski definition) is 4. The van der Waals surface area contributed by atoms with E-state index in [1.165, 1.54) is 11.3 Å². The third-order valence-electron chi connectivity index (χ3n) is 4.18.